The van der Waals surface area contributed by atoms with Gasteiger partial charge in [0.2, 0.25) is 0 Å². The molecule has 1 atom stereocenters. The van der Waals surface area contributed by atoms with Crippen LogP contribution in [0.15, 0.2) is 47.4 Å². The van der Waals surface area contributed by atoms with Gasteiger partial charge in [-0.1, -0.05) is 18.2 Å². The van der Waals surface area contributed by atoms with Crippen molar-refractivity contribution in [3.05, 3.63) is 65.2 Å². The van der Waals surface area contributed by atoms with Gasteiger partial charge in [0.05, 0.1) is 17.1 Å². The second-order valence-electron chi connectivity index (χ2n) is 8.32. The molecule has 11 nitrogen and oxygen atoms in total. The zero-order valence-electron chi connectivity index (χ0n) is 22.7. The van der Waals surface area contributed by atoms with Crippen molar-refractivity contribution in [2.24, 2.45) is 5.73 Å². The molecule has 0 aliphatic carbocycles. The number of benzene rings is 2. The van der Waals surface area contributed by atoms with E-state index in [4.69, 9.17) is 29.8 Å². The number of hydrogen-bond donors (Lipinski definition) is 2. The van der Waals surface area contributed by atoms with Gasteiger partial charge in [0.1, 0.15) is 19.3 Å². The predicted octanol–water partition coefficient (Wildman–Crippen LogP) is 2.91. The third-order valence-electron chi connectivity index (χ3n) is 4.99. The summed E-state index contributed by atoms with van der Waals surface area (Å²) in [5, 5.41) is 7.12. The number of aliphatic carboxylic acids is 1. The molecule has 0 fully saturated rings. The lowest BCUT2D eigenvalue weighted by Gasteiger charge is -2.17. The lowest BCUT2D eigenvalue weighted by Crippen LogP contribution is -2.37. The van der Waals surface area contributed by atoms with Crippen molar-refractivity contribution < 1.29 is 68.9 Å². The van der Waals surface area contributed by atoms with E-state index in [1.807, 2.05) is 0 Å². The molecule has 43 heavy (non-hydrogen) atoms. The van der Waals surface area contributed by atoms with Crippen LogP contribution in [-0.2, 0) is 43.2 Å². The molecule has 0 aliphatic rings. The second-order valence-corrected chi connectivity index (χ2v) is 10.3. The van der Waals surface area contributed by atoms with Gasteiger partial charge in [0.25, 0.3) is 0 Å². The first-order valence-corrected chi connectivity index (χ1v) is 13.7. The molecule has 3 N–H and O–H groups in total. The van der Waals surface area contributed by atoms with E-state index >= 15 is 0 Å². The van der Waals surface area contributed by atoms with Crippen LogP contribution in [-0.4, -0.2) is 75.7 Å². The van der Waals surface area contributed by atoms with E-state index in [0.717, 1.165) is 31.4 Å². The maximum Gasteiger partial charge on any atom is 0.490 e. The molecular formula is C26H26F5NO10S. The molecule has 0 radical (unpaired) electrons. The molecule has 0 heterocycles. The first-order chi connectivity index (χ1) is 19.8. The smallest absolute Gasteiger partial charge is 0.475 e. The average molecular weight is 640 g/mol. The Hall–Kier alpha value is -4.38. The Morgan fingerprint density at radius 3 is 1.91 bits per heavy atom. The molecule has 0 aromatic heterocycles. The number of nitrogens with two attached hydrogens (primary N) is 1. The fourth-order valence-electron chi connectivity index (χ4n) is 3.00. The number of esters is 3. The number of sulfone groups is 1. The third kappa shape index (κ3) is 11.8. The van der Waals surface area contributed by atoms with Gasteiger partial charge >= 0.3 is 30.1 Å². The van der Waals surface area contributed by atoms with Crippen LogP contribution in [0.4, 0.5) is 22.0 Å². The molecule has 0 aliphatic heterocycles. The maximum absolute atomic E-state index is 14.1. The first-order valence-electron chi connectivity index (χ1n) is 11.8. The van der Waals surface area contributed by atoms with Gasteiger partial charge in [0.15, 0.2) is 21.5 Å². The molecule has 17 heteroatoms. The molecule has 0 unspecified atom stereocenters. The average Bonchev–Trinajstić information content (AvgIpc) is 2.90. The summed E-state index contributed by atoms with van der Waals surface area (Å²) in [6.07, 6.45) is -4.07. The van der Waals surface area contributed by atoms with Crippen LogP contribution in [0, 0.1) is 11.6 Å². The van der Waals surface area contributed by atoms with Crippen molar-refractivity contribution >= 4 is 44.9 Å². The summed E-state index contributed by atoms with van der Waals surface area (Å²) in [5.41, 5.74) is 5.46. The largest absolute Gasteiger partial charge is 0.490 e. The molecule has 2 aromatic rings. The van der Waals surface area contributed by atoms with Crippen LogP contribution in [0.3, 0.4) is 0 Å². The third-order valence-corrected chi connectivity index (χ3v) is 6.12. The van der Waals surface area contributed by atoms with Crippen molar-refractivity contribution in [3.63, 3.8) is 0 Å². The zero-order chi connectivity index (χ0) is 33.1. The second kappa shape index (κ2) is 15.7. The van der Waals surface area contributed by atoms with E-state index < -0.39 is 70.8 Å². The fraction of sp³-hybridized carbons (Fsp3) is 0.308. The van der Waals surface area contributed by atoms with Crippen LogP contribution < -0.4 is 5.73 Å². The monoisotopic (exact) mass is 639 g/mol. The van der Waals surface area contributed by atoms with Crippen LogP contribution in [0.5, 0.6) is 0 Å². The summed E-state index contributed by atoms with van der Waals surface area (Å²) in [4.78, 5) is 45.3. The van der Waals surface area contributed by atoms with Gasteiger partial charge in [-0.2, -0.15) is 13.2 Å². The predicted molar refractivity (Wildman–Crippen MR) is 139 cm³/mol. The SMILES string of the molecule is CCOC(=O)[C@@H](N)COC(=O)/C(=C(\COC(C)=O)c1ccc(S(C)(=O)=O)cc1)c1ccc(F)c(F)c1.O=C(O)C(F)(F)F. The van der Waals surface area contributed by atoms with E-state index in [0.29, 0.717) is 0 Å². The summed E-state index contributed by atoms with van der Waals surface area (Å²) in [6.45, 7) is 1.64. The number of ether oxygens (including phenoxy) is 3. The minimum absolute atomic E-state index is 0.00552. The molecule has 2 rings (SSSR count). The molecule has 236 valence electrons. The maximum atomic E-state index is 14.1. The molecule has 0 spiro atoms. The number of alkyl halides is 3. The molecule has 0 bridgehead atoms. The molecule has 0 saturated carbocycles. The van der Waals surface area contributed by atoms with Crippen molar-refractivity contribution in [1.29, 1.82) is 0 Å². The minimum atomic E-state index is -5.08. The lowest BCUT2D eigenvalue weighted by molar-refractivity contribution is -0.192. The Kier molecular flexibility index (Phi) is 13.4. The van der Waals surface area contributed by atoms with Crippen LogP contribution in [0.1, 0.15) is 25.0 Å². The van der Waals surface area contributed by atoms with Gasteiger partial charge in [-0.25, -0.2) is 26.8 Å². The Balaban J connectivity index is 0.00000117. The normalized spacial score (nSPS) is 12.6. The van der Waals surface area contributed by atoms with E-state index in [1.54, 1.807) is 6.92 Å². The van der Waals surface area contributed by atoms with E-state index in [2.05, 4.69) is 0 Å². The summed E-state index contributed by atoms with van der Waals surface area (Å²) in [7, 11) is -3.54. The van der Waals surface area contributed by atoms with Gasteiger partial charge in [0, 0.05) is 18.8 Å². The molecule has 0 saturated heterocycles. The first kappa shape index (κ1) is 36.6. The number of carboxylic acid groups (broad SMARTS) is 1. The number of carbonyl (C=O) groups is 4. The van der Waals surface area contributed by atoms with Gasteiger partial charge in [-0.05, 0) is 42.3 Å². The van der Waals surface area contributed by atoms with Crippen molar-refractivity contribution in [2.75, 3.05) is 26.1 Å². The van der Waals surface area contributed by atoms with Crippen LogP contribution in [0.25, 0.3) is 11.1 Å². The number of carbonyl (C=O) groups excluding carboxylic acids is 3. The molecule has 0 amide bonds. The Labute approximate surface area is 241 Å². The van der Waals surface area contributed by atoms with E-state index in [-0.39, 0.29) is 33.8 Å². The summed E-state index contributed by atoms with van der Waals surface area (Å²) >= 11 is 0. The number of carboxylic acids is 1. The topological polar surface area (TPSA) is 176 Å². The van der Waals surface area contributed by atoms with Gasteiger partial charge < -0.3 is 25.1 Å². The van der Waals surface area contributed by atoms with Crippen LogP contribution >= 0.6 is 0 Å². The fourth-order valence-corrected chi connectivity index (χ4v) is 3.63. The van der Waals surface area contributed by atoms with Gasteiger partial charge in [-0.15, -0.1) is 0 Å². The highest BCUT2D eigenvalue weighted by molar-refractivity contribution is 7.90. The summed E-state index contributed by atoms with van der Waals surface area (Å²) in [5.74, 6) is -7.81. The van der Waals surface area contributed by atoms with E-state index in [1.165, 1.54) is 24.3 Å². The summed E-state index contributed by atoms with van der Waals surface area (Å²) in [6, 6.07) is 6.57. The van der Waals surface area contributed by atoms with Gasteiger partial charge in [-0.3, -0.25) is 9.59 Å². The summed E-state index contributed by atoms with van der Waals surface area (Å²) < 4.78 is 98.1. The molecule has 2 aromatic carbocycles. The zero-order valence-corrected chi connectivity index (χ0v) is 23.6. The quantitative estimate of drug-likeness (QED) is 0.129. The van der Waals surface area contributed by atoms with E-state index in [9.17, 15) is 44.8 Å². The molecular weight excluding hydrogens is 613 g/mol. The number of hydrogen-bond acceptors (Lipinski definition) is 10. The Morgan fingerprint density at radius 1 is 0.930 bits per heavy atom. The van der Waals surface area contributed by atoms with Crippen molar-refractivity contribution in [3.8, 4) is 0 Å². The lowest BCUT2D eigenvalue weighted by atomic mass is 9.94. The Morgan fingerprint density at radius 2 is 1.47 bits per heavy atom. The van der Waals surface area contributed by atoms with Crippen molar-refractivity contribution in [2.45, 2.75) is 31.0 Å². The number of rotatable bonds is 10. The highest BCUT2D eigenvalue weighted by atomic mass is 32.2. The van der Waals surface area contributed by atoms with Crippen molar-refractivity contribution in [1.82, 2.24) is 0 Å². The highest BCUT2D eigenvalue weighted by Crippen LogP contribution is 2.30. The highest BCUT2D eigenvalue weighted by Gasteiger charge is 2.38. The minimum Gasteiger partial charge on any atom is -0.475 e. The Bertz CT molecular complexity index is 1470. The van der Waals surface area contributed by atoms with Crippen LogP contribution in [0.2, 0.25) is 0 Å². The number of halogens is 5. The standard InChI is InChI=1S/C24H25F2NO8S.C2HF3O2/c1-4-33-23(29)21(27)13-35-24(30)22(16-7-10-19(25)20(26)11-16)18(12-34-14(2)28)15-5-8-17(9-6-15)36(3,31)32;3-2(4,5)1(6)7/h5-11,21H,4,12-13,27H2,1-3H3;(H,6,7)/b22-18+;/t21-;/m0./s1.